The molecule has 72 heteroatoms. The Morgan fingerprint density at radius 3 is 0.692 bits per heavy atom. The van der Waals surface area contributed by atoms with Gasteiger partial charge in [0.25, 0.3) is 67.8 Å². The molecule has 0 atom stereocenters. The lowest BCUT2D eigenvalue weighted by molar-refractivity contribution is -0.796. The average Bonchev–Trinajstić information content (AvgIpc) is 0.816. The summed E-state index contributed by atoms with van der Waals surface area (Å²) in [5.74, 6) is -3.16. The molecule has 0 aliphatic carbocycles. The first-order valence-corrected chi connectivity index (χ1v) is 39.3. The number of ether oxygens (including phenoxy) is 3. The molecule has 0 heterocycles. The van der Waals surface area contributed by atoms with E-state index in [-0.39, 0.29) is 41.3 Å². The van der Waals surface area contributed by atoms with Crippen molar-refractivity contribution in [1.82, 2.24) is 15.5 Å². The monoisotopic (exact) mass is 2150 g/mol. The SMILES string of the molecule is CC(C)(Oc1ccc(C(=O)c2ccc(Cl)cc2)cc1)C(=O)NC(CO[N+](=O)[O-])(CO[N+](=O)[O-])CO[N+](=O)[O-].CC(C)(Oc1ccc(C(=O)c2ccc(Cl)cc2)cc1)C(=O)NC(CO[N+](=O)[O-])(CO[N+](=O)[O-])C[N+](=O)[O-].CC(C)(Oc1ccc(C(=O)c2ccc(Cl)cc2)cc1)C(=O)O.NC(CO)(CO)CO.O=O.O=[N+]([O-])OCC(CO[N+](=O)[O-])(CO[N+](=O)[O-])NCl.[Cl-].[NH3+]C(CO[N+](=O)[O-])(CO[N+](=O)[O-])CO[N+](=O)[O-]. The van der Waals surface area contributed by atoms with E-state index < -0.39 is 222 Å². The predicted molar refractivity (Wildman–Crippen MR) is 464 cm³/mol. The summed E-state index contributed by atoms with van der Waals surface area (Å²) in [7, 11) is 0. The number of aliphatic carboxylic acids is 1. The quantitative estimate of drug-likeness (QED) is 0.0103. The van der Waals surface area contributed by atoms with Gasteiger partial charge in [-0.25, -0.2) is 9.63 Å². The van der Waals surface area contributed by atoms with Crippen molar-refractivity contribution in [2.45, 2.75) is 86.0 Å². The molecule has 6 aromatic carbocycles. The Kier molecular flexibility index (Phi) is 55.6. The fraction of sp³-hybridized carbons (Fsp3) is 0.408. The number of nitro groups is 1. The van der Waals surface area contributed by atoms with Gasteiger partial charge in [0.2, 0.25) is 6.54 Å². The lowest BCUT2D eigenvalue weighted by Crippen LogP contribution is -3.00. The molecule has 143 heavy (non-hydrogen) atoms. The Balaban J connectivity index is 0. The number of hydrogen-bond acceptors (Lipinski definition) is 51. The highest BCUT2D eigenvalue weighted by Crippen LogP contribution is 2.28. The van der Waals surface area contributed by atoms with Crippen LogP contribution in [0.1, 0.15) is 89.3 Å². The van der Waals surface area contributed by atoms with Crippen molar-refractivity contribution in [2.75, 3.05) is 99.0 Å². The molecule has 6 rings (SSSR count). The molecule has 0 unspecified atom stereocenters. The van der Waals surface area contributed by atoms with Gasteiger partial charge in [0.05, 0.1) is 25.4 Å². The van der Waals surface area contributed by atoms with Gasteiger partial charge in [-0.15, -0.1) is 111 Å². The van der Waals surface area contributed by atoms with Crippen molar-refractivity contribution in [3.8, 4) is 17.2 Å². The number of carbonyl (C=O) groups is 6. The van der Waals surface area contributed by atoms with E-state index in [1.54, 1.807) is 97.1 Å². The molecular weight excluding hydrogens is 2070 g/mol. The number of amides is 2. The minimum atomic E-state index is -2.28. The van der Waals surface area contributed by atoms with Gasteiger partial charge in [0.1, 0.15) is 81.2 Å². The number of carboxylic acids is 1. The van der Waals surface area contributed by atoms with E-state index in [1.807, 2.05) is 4.84 Å². The molecule has 2 amide bonds. The largest absolute Gasteiger partial charge is 1.00 e. The van der Waals surface area contributed by atoms with E-state index >= 15 is 0 Å². The summed E-state index contributed by atoms with van der Waals surface area (Å²) < 4.78 is 16.7. The zero-order valence-electron chi connectivity index (χ0n) is 74.1. The number of carboxylic acid groups (broad SMARTS) is 1. The molecule has 0 saturated heterocycles. The minimum absolute atomic E-state index is 0. The number of rotatable bonds is 56. The van der Waals surface area contributed by atoms with Crippen molar-refractivity contribution in [3.63, 3.8) is 0 Å². The third-order valence-corrected chi connectivity index (χ3v) is 17.9. The van der Waals surface area contributed by atoms with Crippen molar-refractivity contribution in [1.29, 1.82) is 0 Å². The number of nitrogens with two attached hydrogens (primary N) is 1. The van der Waals surface area contributed by atoms with Gasteiger partial charge in [0.15, 0.2) is 65.1 Å². The van der Waals surface area contributed by atoms with Gasteiger partial charge in [-0.3, -0.25) is 34.1 Å². The standard InChI is InChI=1S/C21H21ClN4O12.C21H21ClN4O11.C17H15ClO4.C4H7ClN4O9.C4H8N4O9.C4H11NO3.ClH.O2/c1-20(2,38-17-9-5-15(6-10-17)18(27)14-3-7-16(22)8-4-14)19(28)23-21(11-35-24(29)30,12-36-25(31)32)13-37-26(33)34;1-20(2,19(28)23-21(11-24(29)30,12-35-25(31)32)13-36-26(33)34)37-17-9-5-15(6-10-17)18(27)14-3-7-16(22)8-4-14;1-17(2,16(20)21)22-14-9-5-12(6-10-14)15(19)11-3-7-13(18)8-4-11;5-6-4(1-16-7(10)11,2-17-8(12)13)3-18-9(14)15;5-4(1-15-6(9)10,2-16-7(11)12)3-17-8(13)14;5-4(1-6,2-7)3-8;;1-2/h3-10H,11-13H2,1-2H3,(H,23,28);3-10H,11-13H2,1-2H3,(H,23,28);3-10H,1-2H3,(H,20,21);6H,1-3H2;1-3,5H2;6-8H,1-3,5H2;1H;. The van der Waals surface area contributed by atoms with Crippen LogP contribution in [0, 0.1) is 131 Å². The van der Waals surface area contributed by atoms with E-state index in [4.69, 9.17) is 96.9 Å². The molecule has 0 aliphatic rings. The summed E-state index contributed by atoms with van der Waals surface area (Å²) in [5, 5.41) is 151. The number of aliphatic hydroxyl groups is 3. The average molecular weight is 2150 g/mol. The highest BCUT2D eigenvalue weighted by molar-refractivity contribution is 6.31. The van der Waals surface area contributed by atoms with Crippen molar-refractivity contribution < 1.29 is 196 Å². The molecule has 6 aromatic rings. The number of carbonyl (C=O) groups excluding carboxylic acids is 5. The topological polar surface area (TPSA) is 954 Å². The molecule has 0 spiro atoms. The maximum absolute atomic E-state index is 13.0. The smallest absolute Gasteiger partial charge is 0.347 e. The fourth-order valence-corrected chi connectivity index (χ4v) is 9.86. The first-order chi connectivity index (χ1) is 66.0. The number of halogens is 5. The molecule has 12 N–H and O–H groups in total. The predicted octanol–water partition coefficient (Wildman–Crippen LogP) is -0.285. The van der Waals surface area contributed by atoms with Gasteiger partial charge in [-0.1, -0.05) is 34.8 Å². The molecular formula is C71H84Cl5N17O50. The zero-order valence-corrected chi connectivity index (χ0v) is 77.9. The van der Waals surface area contributed by atoms with Crippen LogP contribution in [-0.4, -0.2) is 260 Å². The lowest BCUT2D eigenvalue weighted by atomic mass is 9.99. The van der Waals surface area contributed by atoms with Crippen molar-refractivity contribution in [3.05, 3.63) is 325 Å². The lowest BCUT2D eigenvalue weighted by Gasteiger charge is -2.35. The molecule has 0 aliphatic heterocycles. The zero-order chi connectivity index (χ0) is 109. The van der Waals surface area contributed by atoms with Crippen LogP contribution in [0.4, 0.5) is 0 Å². The minimum Gasteiger partial charge on any atom is -1.00 e. The molecule has 0 saturated carbocycles. The molecule has 0 bridgehead atoms. The second-order valence-corrected chi connectivity index (χ2v) is 30.9. The number of benzene rings is 6. The highest BCUT2D eigenvalue weighted by atomic mass is 35.5. The molecule has 0 radical (unpaired) electrons. The van der Waals surface area contributed by atoms with Crippen LogP contribution in [0.2, 0.25) is 15.1 Å². The number of hydrogen-bond donors (Lipinski definition) is 9. The highest BCUT2D eigenvalue weighted by Gasteiger charge is 2.46. The summed E-state index contributed by atoms with van der Waals surface area (Å²) in [6, 6.07) is 36.9. The van der Waals surface area contributed by atoms with Crippen molar-refractivity contribution in [2.24, 2.45) is 5.73 Å². The number of aliphatic hydroxyl groups excluding tert-OH is 3. The molecule has 788 valence electrons. The van der Waals surface area contributed by atoms with Gasteiger partial charge in [0, 0.05) is 63.3 Å². The van der Waals surface area contributed by atoms with Gasteiger partial charge in [-0.2, -0.15) is 0 Å². The second-order valence-electron chi connectivity index (χ2n) is 29.4. The Morgan fingerprint density at radius 1 is 0.329 bits per heavy atom. The van der Waals surface area contributed by atoms with Crippen LogP contribution in [-0.2, 0) is 67.6 Å². The van der Waals surface area contributed by atoms with Gasteiger partial charge >= 0.3 is 5.97 Å². The van der Waals surface area contributed by atoms with Crippen LogP contribution in [0.5, 0.6) is 17.2 Å². The Bertz CT molecular complexity index is 5080. The fourth-order valence-electron chi connectivity index (χ4n) is 9.32. The maximum atomic E-state index is 13.0. The van der Waals surface area contributed by atoms with E-state index in [0.717, 1.165) is 0 Å². The Morgan fingerprint density at radius 2 is 0.510 bits per heavy atom. The van der Waals surface area contributed by atoms with Crippen molar-refractivity contribution >= 4 is 81.7 Å². The summed E-state index contributed by atoms with van der Waals surface area (Å²) in [6.45, 7) is -4.65. The number of quaternary nitrogens is 1. The van der Waals surface area contributed by atoms with Gasteiger partial charge < -0.3 is 122 Å². The van der Waals surface area contributed by atoms with Crippen LogP contribution < -0.4 is 53.6 Å². The summed E-state index contributed by atoms with van der Waals surface area (Å²) in [5.41, 5.74) is -3.15. The Labute approximate surface area is 822 Å². The second kappa shape index (κ2) is 61.8. The van der Waals surface area contributed by atoms with E-state index in [2.05, 4.69) is 69.6 Å². The summed E-state index contributed by atoms with van der Waals surface area (Å²) >= 11 is 22.7. The van der Waals surface area contributed by atoms with E-state index in [0.29, 0.717) is 54.2 Å². The van der Waals surface area contributed by atoms with Crippen LogP contribution in [0.15, 0.2) is 146 Å². The van der Waals surface area contributed by atoms with Crippen LogP contribution >= 0.6 is 46.6 Å². The molecule has 0 fully saturated rings. The molecule has 0 aromatic heterocycles. The maximum Gasteiger partial charge on any atom is 0.347 e. The van der Waals surface area contributed by atoms with Gasteiger partial charge in [-0.05, 0) is 199 Å². The number of nitrogens with zero attached hydrogens (tertiary/aromatic N) is 12. The summed E-state index contributed by atoms with van der Waals surface area (Å²) in [6.07, 6.45) is 0. The number of nitrogens with one attached hydrogen (secondary N) is 3. The van der Waals surface area contributed by atoms with E-state index in [9.17, 15) is 150 Å². The van der Waals surface area contributed by atoms with Crippen LogP contribution in [0.3, 0.4) is 0 Å². The Hall–Kier alpha value is -16.4. The third-order valence-electron chi connectivity index (χ3n) is 16.7. The van der Waals surface area contributed by atoms with Crippen LogP contribution in [0.25, 0.3) is 0 Å². The normalized spacial score (nSPS) is 10.8. The molecule has 67 nitrogen and oxygen atoms in total. The summed E-state index contributed by atoms with van der Waals surface area (Å²) in [4.78, 5) is 258. The first kappa shape index (κ1) is 129. The third kappa shape index (κ3) is 51.2. The van der Waals surface area contributed by atoms with E-state index in [1.165, 1.54) is 90.1 Å². The number of ketones is 3. The first-order valence-electron chi connectivity index (χ1n) is 37.8.